The molecule has 0 bridgehead atoms. The maximum atomic E-state index is 11.9. The predicted octanol–water partition coefficient (Wildman–Crippen LogP) is 1.27. The summed E-state index contributed by atoms with van der Waals surface area (Å²) in [5.74, 6) is -0.415. The highest BCUT2D eigenvalue weighted by molar-refractivity contribution is 6.01. The SMILES string of the molecule is COc1cccc(N)c1C(=O)NCC(F)F. The number of halogens is 2. The molecule has 4 nitrogen and oxygen atoms in total. The maximum absolute atomic E-state index is 11.9. The lowest BCUT2D eigenvalue weighted by molar-refractivity contribution is 0.0889. The molecule has 1 rings (SSSR count). The average Bonchev–Trinajstić information content (AvgIpc) is 2.25. The molecule has 0 aliphatic heterocycles. The molecule has 0 radical (unpaired) electrons. The minimum atomic E-state index is -2.60. The highest BCUT2D eigenvalue weighted by Gasteiger charge is 2.16. The Morgan fingerprint density at radius 3 is 2.81 bits per heavy atom. The van der Waals surface area contributed by atoms with Gasteiger partial charge in [-0.3, -0.25) is 4.79 Å². The monoisotopic (exact) mass is 230 g/mol. The van der Waals surface area contributed by atoms with E-state index in [1.165, 1.54) is 19.2 Å². The highest BCUT2D eigenvalue weighted by Crippen LogP contribution is 2.23. The smallest absolute Gasteiger partial charge is 0.257 e. The molecule has 0 fully saturated rings. The van der Waals surface area contributed by atoms with E-state index in [0.717, 1.165) is 0 Å². The van der Waals surface area contributed by atoms with Crippen LogP contribution < -0.4 is 15.8 Å². The average molecular weight is 230 g/mol. The van der Waals surface area contributed by atoms with Gasteiger partial charge in [0.25, 0.3) is 12.3 Å². The summed E-state index contributed by atoms with van der Waals surface area (Å²) in [5, 5.41) is 2.06. The summed E-state index contributed by atoms with van der Waals surface area (Å²) in [6, 6.07) is 4.64. The zero-order valence-electron chi connectivity index (χ0n) is 8.67. The van der Waals surface area contributed by atoms with Crippen LogP contribution in [0.15, 0.2) is 18.2 Å². The summed E-state index contributed by atoms with van der Waals surface area (Å²) in [7, 11) is 1.37. The third-order valence-electron chi connectivity index (χ3n) is 1.92. The number of anilines is 1. The Hall–Kier alpha value is -1.85. The number of carbonyl (C=O) groups excluding carboxylic acids is 1. The lowest BCUT2D eigenvalue weighted by Crippen LogP contribution is -2.29. The van der Waals surface area contributed by atoms with Gasteiger partial charge in [-0.05, 0) is 12.1 Å². The van der Waals surface area contributed by atoms with Crippen molar-refractivity contribution in [2.24, 2.45) is 0 Å². The molecule has 0 heterocycles. The molecule has 6 heteroatoms. The second-order valence-electron chi connectivity index (χ2n) is 3.03. The quantitative estimate of drug-likeness (QED) is 0.765. The van der Waals surface area contributed by atoms with Crippen molar-refractivity contribution in [3.8, 4) is 5.75 Å². The van der Waals surface area contributed by atoms with Crippen LogP contribution in [0, 0.1) is 0 Å². The van der Waals surface area contributed by atoms with Gasteiger partial charge >= 0.3 is 0 Å². The standard InChI is InChI=1S/C10H12F2N2O2/c1-16-7-4-2-3-6(13)9(7)10(15)14-5-8(11)12/h2-4,8H,5,13H2,1H3,(H,14,15). The van der Waals surface area contributed by atoms with E-state index in [1.54, 1.807) is 6.07 Å². The van der Waals surface area contributed by atoms with Gasteiger partial charge in [-0.2, -0.15) is 0 Å². The van der Waals surface area contributed by atoms with Crippen molar-refractivity contribution in [3.05, 3.63) is 23.8 Å². The van der Waals surface area contributed by atoms with Crippen molar-refractivity contribution >= 4 is 11.6 Å². The van der Waals surface area contributed by atoms with E-state index in [4.69, 9.17) is 10.5 Å². The van der Waals surface area contributed by atoms with Crippen LogP contribution in [0.25, 0.3) is 0 Å². The number of rotatable bonds is 4. The number of hydrogen-bond donors (Lipinski definition) is 2. The van der Waals surface area contributed by atoms with E-state index >= 15 is 0 Å². The first-order chi connectivity index (χ1) is 7.56. The minimum absolute atomic E-state index is 0.0747. The first kappa shape index (κ1) is 12.2. The Morgan fingerprint density at radius 2 is 2.25 bits per heavy atom. The van der Waals surface area contributed by atoms with Crippen molar-refractivity contribution in [1.82, 2.24) is 5.32 Å². The third-order valence-corrected chi connectivity index (χ3v) is 1.92. The van der Waals surface area contributed by atoms with Crippen molar-refractivity contribution in [2.75, 3.05) is 19.4 Å². The molecule has 3 N–H and O–H groups in total. The largest absolute Gasteiger partial charge is 0.496 e. The minimum Gasteiger partial charge on any atom is -0.496 e. The van der Waals surface area contributed by atoms with Crippen LogP contribution in [0.2, 0.25) is 0 Å². The van der Waals surface area contributed by atoms with Crippen LogP contribution in [-0.4, -0.2) is 26.0 Å². The number of carbonyl (C=O) groups is 1. The van der Waals surface area contributed by atoms with Gasteiger partial charge in [0.05, 0.1) is 13.7 Å². The van der Waals surface area contributed by atoms with Gasteiger partial charge in [-0.1, -0.05) is 6.07 Å². The number of hydrogen-bond acceptors (Lipinski definition) is 3. The van der Waals surface area contributed by atoms with Gasteiger partial charge in [0.2, 0.25) is 0 Å². The number of nitrogen functional groups attached to an aromatic ring is 1. The van der Waals surface area contributed by atoms with Crippen molar-refractivity contribution in [1.29, 1.82) is 0 Å². The summed E-state index contributed by atoms with van der Waals surface area (Å²) in [4.78, 5) is 11.5. The number of amides is 1. The molecule has 0 spiro atoms. The second kappa shape index (κ2) is 5.29. The van der Waals surface area contributed by atoms with Crippen LogP contribution >= 0.6 is 0 Å². The molecule has 1 aromatic carbocycles. The van der Waals surface area contributed by atoms with Gasteiger partial charge in [-0.25, -0.2) is 8.78 Å². The van der Waals surface area contributed by atoms with Crippen LogP contribution in [0.3, 0.4) is 0 Å². The van der Waals surface area contributed by atoms with Gasteiger partial charge < -0.3 is 15.8 Å². The van der Waals surface area contributed by atoms with E-state index in [2.05, 4.69) is 5.32 Å². The first-order valence-corrected chi connectivity index (χ1v) is 4.55. The van der Waals surface area contributed by atoms with Crippen molar-refractivity contribution in [2.45, 2.75) is 6.43 Å². The summed E-state index contributed by atoms with van der Waals surface area (Å²) in [5.41, 5.74) is 5.84. The summed E-state index contributed by atoms with van der Waals surface area (Å²) in [6.07, 6.45) is -2.60. The maximum Gasteiger partial charge on any atom is 0.257 e. The Labute approximate surface area is 91.4 Å². The van der Waals surface area contributed by atoms with Crippen LogP contribution in [0.5, 0.6) is 5.75 Å². The van der Waals surface area contributed by atoms with E-state index in [0.29, 0.717) is 0 Å². The Balaban J connectivity index is 2.89. The molecule has 0 unspecified atom stereocenters. The number of alkyl halides is 2. The number of ether oxygens (including phenoxy) is 1. The molecule has 0 aromatic heterocycles. The van der Waals surface area contributed by atoms with Crippen LogP contribution in [0.1, 0.15) is 10.4 Å². The van der Waals surface area contributed by atoms with Crippen molar-refractivity contribution in [3.63, 3.8) is 0 Å². The molecule has 1 amide bonds. The molecule has 1 aromatic rings. The number of nitrogens with one attached hydrogen (secondary N) is 1. The molecular formula is C10H12F2N2O2. The van der Waals surface area contributed by atoms with E-state index in [1.807, 2.05) is 0 Å². The first-order valence-electron chi connectivity index (χ1n) is 4.55. The normalized spacial score (nSPS) is 10.2. The zero-order chi connectivity index (χ0) is 12.1. The fourth-order valence-electron chi connectivity index (χ4n) is 1.22. The topological polar surface area (TPSA) is 64.3 Å². The van der Waals surface area contributed by atoms with Gasteiger partial charge in [0, 0.05) is 5.69 Å². The van der Waals surface area contributed by atoms with Crippen LogP contribution in [-0.2, 0) is 0 Å². The van der Waals surface area contributed by atoms with E-state index in [-0.39, 0.29) is 17.0 Å². The van der Waals surface area contributed by atoms with Crippen molar-refractivity contribution < 1.29 is 18.3 Å². The lowest BCUT2D eigenvalue weighted by Gasteiger charge is -2.11. The Bertz CT molecular complexity index is 383. The fraction of sp³-hybridized carbons (Fsp3) is 0.300. The number of nitrogens with two attached hydrogens (primary N) is 1. The van der Waals surface area contributed by atoms with Gasteiger partial charge in [0.15, 0.2) is 0 Å². The summed E-state index contributed by atoms with van der Waals surface area (Å²) in [6.45, 7) is -0.712. The predicted molar refractivity (Wildman–Crippen MR) is 55.7 cm³/mol. The van der Waals surface area contributed by atoms with Gasteiger partial charge in [-0.15, -0.1) is 0 Å². The summed E-state index contributed by atoms with van der Waals surface area (Å²) >= 11 is 0. The Kier molecular flexibility index (Phi) is 4.04. The number of benzene rings is 1. The molecule has 0 aliphatic rings. The molecule has 0 saturated heterocycles. The third kappa shape index (κ3) is 2.82. The number of methoxy groups -OCH3 is 1. The van der Waals surface area contributed by atoms with Gasteiger partial charge in [0.1, 0.15) is 11.3 Å². The Morgan fingerprint density at radius 1 is 1.56 bits per heavy atom. The zero-order valence-corrected chi connectivity index (χ0v) is 8.67. The molecular weight excluding hydrogens is 218 g/mol. The van der Waals surface area contributed by atoms with E-state index in [9.17, 15) is 13.6 Å². The second-order valence-corrected chi connectivity index (χ2v) is 3.03. The molecule has 88 valence electrons. The molecule has 0 saturated carbocycles. The summed E-state index contributed by atoms with van der Waals surface area (Å²) < 4.78 is 28.8. The van der Waals surface area contributed by atoms with E-state index < -0.39 is 18.9 Å². The molecule has 16 heavy (non-hydrogen) atoms. The molecule has 0 atom stereocenters. The lowest BCUT2D eigenvalue weighted by atomic mass is 10.1. The fourth-order valence-corrected chi connectivity index (χ4v) is 1.22. The van der Waals surface area contributed by atoms with Crippen LogP contribution in [0.4, 0.5) is 14.5 Å². The highest BCUT2D eigenvalue weighted by atomic mass is 19.3. The molecule has 0 aliphatic carbocycles.